The summed E-state index contributed by atoms with van der Waals surface area (Å²) in [6.07, 6.45) is 1.11. The zero-order valence-electron chi connectivity index (χ0n) is 11.8. The van der Waals surface area contributed by atoms with E-state index in [1.165, 1.54) is 5.56 Å². The van der Waals surface area contributed by atoms with Gasteiger partial charge in [-0.05, 0) is 24.9 Å². The summed E-state index contributed by atoms with van der Waals surface area (Å²) in [5, 5.41) is 22.8. The van der Waals surface area contributed by atoms with Crippen LogP contribution < -0.4 is 5.32 Å². The smallest absolute Gasteiger partial charge is 0.153 e. The summed E-state index contributed by atoms with van der Waals surface area (Å²) in [5.41, 5.74) is 0.0560. The fourth-order valence-corrected chi connectivity index (χ4v) is 3.96. The van der Waals surface area contributed by atoms with Gasteiger partial charge in [-0.2, -0.15) is 5.26 Å². The number of nitrogens with zero attached hydrogens (tertiary/aromatic N) is 2. The third-order valence-electron chi connectivity index (χ3n) is 4.91. The van der Waals surface area contributed by atoms with E-state index >= 15 is 0 Å². The molecule has 1 saturated carbocycles. The van der Waals surface area contributed by atoms with Gasteiger partial charge in [0.15, 0.2) is 5.60 Å². The van der Waals surface area contributed by atoms with Gasteiger partial charge in [0, 0.05) is 31.6 Å². The second kappa shape index (κ2) is 4.85. The number of nitriles is 1. The van der Waals surface area contributed by atoms with Crippen LogP contribution in [0.2, 0.25) is 0 Å². The molecule has 0 radical (unpaired) electrons. The van der Waals surface area contributed by atoms with E-state index < -0.39 is 5.60 Å². The number of hydrogen-bond donors (Lipinski definition) is 2. The van der Waals surface area contributed by atoms with Gasteiger partial charge in [-0.15, -0.1) is 0 Å². The fourth-order valence-electron chi connectivity index (χ4n) is 3.96. The Morgan fingerprint density at radius 3 is 2.80 bits per heavy atom. The molecule has 2 N–H and O–H groups in total. The van der Waals surface area contributed by atoms with Crippen molar-refractivity contribution in [2.75, 3.05) is 20.1 Å². The van der Waals surface area contributed by atoms with Crippen molar-refractivity contribution in [3.05, 3.63) is 35.9 Å². The first kappa shape index (κ1) is 13.6. The Morgan fingerprint density at radius 1 is 1.45 bits per heavy atom. The largest absolute Gasteiger partial charge is 0.375 e. The Bertz CT molecular complexity index is 526. The molecular weight excluding hydrogens is 250 g/mol. The third kappa shape index (κ3) is 2.22. The van der Waals surface area contributed by atoms with Gasteiger partial charge in [-0.1, -0.05) is 30.3 Å². The van der Waals surface area contributed by atoms with E-state index in [2.05, 4.69) is 40.6 Å². The highest BCUT2D eigenvalue weighted by Crippen LogP contribution is 2.46. The maximum atomic E-state index is 10.3. The van der Waals surface area contributed by atoms with Gasteiger partial charge < -0.3 is 10.4 Å². The first-order valence-corrected chi connectivity index (χ1v) is 7.18. The first-order valence-electron chi connectivity index (χ1n) is 7.18. The van der Waals surface area contributed by atoms with Crippen molar-refractivity contribution in [1.82, 2.24) is 10.2 Å². The van der Waals surface area contributed by atoms with Crippen molar-refractivity contribution in [3.63, 3.8) is 0 Å². The summed E-state index contributed by atoms with van der Waals surface area (Å²) in [6, 6.07) is 12.5. The quantitative estimate of drug-likeness (QED) is 0.809. The first-order chi connectivity index (χ1) is 9.59. The van der Waals surface area contributed by atoms with E-state index in [9.17, 15) is 5.11 Å². The van der Waals surface area contributed by atoms with Crippen LogP contribution in [0.25, 0.3) is 0 Å². The van der Waals surface area contributed by atoms with Gasteiger partial charge in [0.2, 0.25) is 0 Å². The Balaban J connectivity index is 1.73. The Kier molecular flexibility index (Phi) is 3.29. The Morgan fingerprint density at radius 2 is 2.20 bits per heavy atom. The van der Waals surface area contributed by atoms with Gasteiger partial charge in [-0.3, -0.25) is 4.90 Å². The highest BCUT2D eigenvalue weighted by atomic mass is 16.3. The zero-order valence-corrected chi connectivity index (χ0v) is 11.8. The van der Waals surface area contributed by atoms with Crippen LogP contribution in [0, 0.1) is 17.2 Å². The minimum atomic E-state index is -1.15. The van der Waals surface area contributed by atoms with E-state index in [4.69, 9.17) is 5.26 Å². The van der Waals surface area contributed by atoms with Crippen LogP contribution in [0.15, 0.2) is 30.3 Å². The van der Waals surface area contributed by atoms with E-state index in [0.29, 0.717) is 18.8 Å². The van der Waals surface area contributed by atoms with E-state index in [-0.39, 0.29) is 5.54 Å². The number of rotatable bonds is 3. The molecule has 20 heavy (non-hydrogen) atoms. The lowest BCUT2D eigenvalue weighted by molar-refractivity contribution is 0.0863. The average Bonchev–Trinajstić information content (AvgIpc) is 2.90. The molecule has 1 heterocycles. The second-order valence-electron chi connectivity index (χ2n) is 6.28. The number of aliphatic hydroxyl groups is 1. The summed E-state index contributed by atoms with van der Waals surface area (Å²) in [4.78, 5) is 2.42. The second-order valence-corrected chi connectivity index (χ2v) is 6.28. The molecule has 4 nitrogen and oxygen atoms in total. The lowest BCUT2D eigenvalue weighted by Crippen LogP contribution is -2.48. The van der Waals surface area contributed by atoms with Crippen LogP contribution in [-0.4, -0.2) is 41.3 Å². The lowest BCUT2D eigenvalue weighted by Gasteiger charge is -2.29. The van der Waals surface area contributed by atoms with Crippen molar-refractivity contribution in [1.29, 1.82) is 5.26 Å². The van der Waals surface area contributed by atoms with Crippen molar-refractivity contribution in [2.24, 2.45) is 5.92 Å². The van der Waals surface area contributed by atoms with E-state index in [1.54, 1.807) is 0 Å². The highest BCUT2D eigenvalue weighted by molar-refractivity contribution is 5.21. The normalized spacial score (nSPS) is 36.8. The monoisotopic (exact) mass is 271 g/mol. The molecule has 1 saturated heterocycles. The molecule has 0 aromatic heterocycles. The molecule has 0 bridgehead atoms. The number of likely N-dealkylation sites (N-methyl/N-ethyl adjacent to an activating group) is 1. The van der Waals surface area contributed by atoms with Crippen LogP contribution >= 0.6 is 0 Å². The predicted octanol–water partition coefficient (Wildman–Crippen LogP) is 1.13. The van der Waals surface area contributed by atoms with Gasteiger partial charge in [0.1, 0.15) is 0 Å². The van der Waals surface area contributed by atoms with Gasteiger partial charge in [-0.25, -0.2) is 0 Å². The third-order valence-corrected chi connectivity index (χ3v) is 4.91. The molecule has 106 valence electrons. The molecule has 1 aromatic carbocycles. The van der Waals surface area contributed by atoms with Crippen LogP contribution in [0.3, 0.4) is 0 Å². The fraction of sp³-hybridized carbons (Fsp3) is 0.562. The topological polar surface area (TPSA) is 59.3 Å². The standard InChI is InChI=1S/C16H21N3O/c1-18-16-10-15(20,11-17)7-14(16)9-19(12-16)8-13-5-3-2-4-6-13/h2-6,14,18,20H,7-10,12H2,1H3/t14-,15-,16-/m1/s1. The average molecular weight is 271 g/mol. The number of fused-ring (bicyclic) bond motifs is 1. The molecule has 2 aliphatic rings. The molecule has 3 atom stereocenters. The molecule has 1 aliphatic heterocycles. The molecule has 1 aromatic rings. The van der Waals surface area contributed by atoms with Crippen LogP contribution in [-0.2, 0) is 6.54 Å². The van der Waals surface area contributed by atoms with E-state index in [0.717, 1.165) is 19.6 Å². The van der Waals surface area contributed by atoms with Crippen molar-refractivity contribution in [2.45, 2.75) is 30.5 Å². The van der Waals surface area contributed by atoms with Crippen molar-refractivity contribution >= 4 is 0 Å². The summed E-state index contributed by atoms with van der Waals surface area (Å²) in [5.74, 6) is 0.348. The summed E-state index contributed by atoms with van der Waals surface area (Å²) in [6.45, 7) is 2.78. The van der Waals surface area contributed by atoms with Gasteiger partial charge in [0.25, 0.3) is 0 Å². The minimum Gasteiger partial charge on any atom is -0.375 e. The number of hydrogen-bond acceptors (Lipinski definition) is 4. The summed E-state index contributed by atoms with van der Waals surface area (Å²) < 4.78 is 0. The number of benzene rings is 1. The molecule has 0 unspecified atom stereocenters. The zero-order chi connectivity index (χ0) is 14.2. The molecule has 2 fully saturated rings. The molecule has 1 aliphatic carbocycles. The van der Waals surface area contributed by atoms with Crippen molar-refractivity contribution in [3.8, 4) is 6.07 Å². The maximum Gasteiger partial charge on any atom is 0.153 e. The van der Waals surface area contributed by atoms with E-state index in [1.807, 2.05) is 13.1 Å². The number of nitrogens with one attached hydrogen (secondary N) is 1. The number of likely N-dealkylation sites (tertiary alicyclic amines) is 1. The summed E-state index contributed by atoms with van der Waals surface area (Å²) >= 11 is 0. The van der Waals surface area contributed by atoms with Gasteiger partial charge in [0.05, 0.1) is 6.07 Å². The lowest BCUT2D eigenvalue weighted by atomic mass is 9.90. The van der Waals surface area contributed by atoms with Crippen LogP contribution in [0.4, 0.5) is 0 Å². The maximum absolute atomic E-state index is 10.3. The minimum absolute atomic E-state index is 0.112. The Labute approximate surface area is 120 Å². The molecule has 0 spiro atoms. The van der Waals surface area contributed by atoms with Crippen LogP contribution in [0.1, 0.15) is 18.4 Å². The molecule has 4 heteroatoms. The summed E-state index contributed by atoms with van der Waals surface area (Å²) in [7, 11) is 1.95. The van der Waals surface area contributed by atoms with Crippen molar-refractivity contribution < 1.29 is 5.11 Å². The Hall–Kier alpha value is -1.41. The molecular formula is C16H21N3O. The highest BCUT2D eigenvalue weighted by Gasteiger charge is 2.57. The molecule has 0 amide bonds. The predicted molar refractivity (Wildman–Crippen MR) is 76.8 cm³/mol. The van der Waals surface area contributed by atoms with Crippen LogP contribution in [0.5, 0.6) is 0 Å². The van der Waals surface area contributed by atoms with Gasteiger partial charge >= 0.3 is 0 Å². The molecule has 3 rings (SSSR count). The SMILES string of the molecule is CN[C@]12CN(Cc3ccccc3)C[C@H]1C[C@](O)(C#N)C2.